The van der Waals surface area contributed by atoms with E-state index in [1.54, 1.807) is 13.8 Å². The van der Waals surface area contributed by atoms with E-state index in [9.17, 15) is 30.3 Å². The van der Waals surface area contributed by atoms with Crippen LogP contribution >= 0.6 is 0 Å². The van der Waals surface area contributed by atoms with Gasteiger partial charge in [-0.2, -0.15) is 0 Å². The molecule has 3 heterocycles. The number of rotatable bonds is 8. The summed E-state index contributed by atoms with van der Waals surface area (Å²) >= 11 is 0. The standard InChI is InChI=1S/C29H50O12/c1-4-16-9-8-11-19(20(13-16)40-28-25(35)24(34)22(32)15(3)37-28)39-29-27-26(23(33)21(14-30)41-29)38-18(17(31)5-2)10-6-7-12-36-27/h15-16,18-30,32-35H,4-14H2,1-3H3. The molecule has 0 aromatic carbocycles. The highest BCUT2D eigenvalue weighted by Gasteiger charge is 2.51. The maximum absolute atomic E-state index is 12.7. The number of hydrogen-bond acceptors (Lipinski definition) is 12. The van der Waals surface area contributed by atoms with Gasteiger partial charge < -0.3 is 54.0 Å². The fraction of sp³-hybridized carbons (Fsp3) is 0.966. The van der Waals surface area contributed by atoms with Crippen LogP contribution in [0, 0.1) is 5.92 Å². The van der Waals surface area contributed by atoms with Crippen LogP contribution in [-0.4, -0.2) is 124 Å². The second kappa shape index (κ2) is 15.3. The minimum Gasteiger partial charge on any atom is -0.394 e. The Hall–Kier alpha value is -0.770. The maximum Gasteiger partial charge on any atom is 0.187 e. The molecule has 12 nitrogen and oxygen atoms in total. The molecule has 0 spiro atoms. The summed E-state index contributed by atoms with van der Waals surface area (Å²) in [5, 5.41) is 52.2. The van der Waals surface area contributed by atoms with Crippen LogP contribution in [-0.2, 0) is 33.2 Å². The number of aliphatic hydroxyl groups excluding tert-OH is 5. The quantitative estimate of drug-likeness (QED) is 0.249. The van der Waals surface area contributed by atoms with E-state index in [1.165, 1.54) is 0 Å². The van der Waals surface area contributed by atoms with E-state index >= 15 is 0 Å². The van der Waals surface area contributed by atoms with E-state index in [-0.39, 0.29) is 5.78 Å². The van der Waals surface area contributed by atoms with Crippen molar-refractivity contribution < 1.29 is 58.7 Å². The minimum atomic E-state index is -1.45. The Morgan fingerprint density at radius 2 is 1.56 bits per heavy atom. The van der Waals surface area contributed by atoms with Crippen LogP contribution in [0.1, 0.15) is 78.6 Å². The fourth-order valence-corrected chi connectivity index (χ4v) is 6.39. The van der Waals surface area contributed by atoms with Gasteiger partial charge in [0.1, 0.15) is 48.8 Å². The van der Waals surface area contributed by atoms with Crippen molar-refractivity contribution in [1.29, 1.82) is 0 Å². The first-order valence-corrected chi connectivity index (χ1v) is 15.4. The molecule has 0 amide bonds. The van der Waals surface area contributed by atoms with Gasteiger partial charge in [-0.3, -0.25) is 4.79 Å². The first-order valence-electron chi connectivity index (χ1n) is 15.4. The zero-order valence-corrected chi connectivity index (χ0v) is 24.5. The highest BCUT2D eigenvalue weighted by Crippen LogP contribution is 2.36. The van der Waals surface area contributed by atoms with Crippen LogP contribution in [0.5, 0.6) is 0 Å². The third-order valence-corrected chi connectivity index (χ3v) is 9.08. The lowest BCUT2D eigenvalue weighted by atomic mass is 9.95. The molecule has 41 heavy (non-hydrogen) atoms. The lowest BCUT2D eigenvalue weighted by Crippen LogP contribution is -2.63. The maximum atomic E-state index is 12.7. The van der Waals surface area contributed by atoms with Crippen LogP contribution in [0.25, 0.3) is 0 Å². The van der Waals surface area contributed by atoms with Crippen molar-refractivity contribution in [2.24, 2.45) is 5.92 Å². The molecule has 4 rings (SSSR count). The summed E-state index contributed by atoms with van der Waals surface area (Å²) in [6, 6.07) is 0. The van der Waals surface area contributed by atoms with Gasteiger partial charge in [-0.25, -0.2) is 0 Å². The van der Waals surface area contributed by atoms with Gasteiger partial charge >= 0.3 is 0 Å². The molecular weight excluding hydrogens is 540 g/mol. The average molecular weight is 591 g/mol. The number of ketones is 1. The number of fused-ring (bicyclic) bond motifs is 1. The average Bonchev–Trinajstić information content (AvgIpc) is 3.08. The number of ether oxygens (including phenoxy) is 6. The van der Waals surface area contributed by atoms with E-state index in [0.29, 0.717) is 44.6 Å². The molecule has 0 aromatic rings. The fourth-order valence-electron chi connectivity index (χ4n) is 6.39. The molecule has 238 valence electrons. The van der Waals surface area contributed by atoms with Crippen molar-refractivity contribution in [1.82, 2.24) is 0 Å². The van der Waals surface area contributed by atoms with Crippen molar-refractivity contribution in [3.8, 4) is 0 Å². The molecule has 5 N–H and O–H groups in total. The van der Waals surface area contributed by atoms with Gasteiger partial charge in [0, 0.05) is 13.0 Å². The van der Waals surface area contributed by atoms with E-state index < -0.39 is 86.3 Å². The first kappa shape index (κ1) is 33.1. The van der Waals surface area contributed by atoms with Crippen LogP contribution in [0.4, 0.5) is 0 Å². The van der Waals surface area contributed by atoms with Gasteiger partial charge in [0.25, 0.3) is 0 Å². The molecule has 0 bridgehead atoms. The molecule has 3 aliphatic heterocycles. The summed E-state index contributed by atoms with van der Waals surface area (Å²) in [7, 11) is 0. The Morgan fingerprint density at radius 3 is 2.27 bits per heavy atom. The predicted octanol–water partition coefficient (Wildman–Crippen LogP) is 0.565. The van der Waals surface area contributed by atoms with Gasteiger partial charge in [0.05, 0.1) is 24.9 Å². The number of aliphatic hydroxyl groups is 5. The Balaban J connectivity index is 1.57. The summed E-state index contributed by atoms with van der Waals surface area (Å²) in [4.78, 5) is 12.7. The highest BCUT2D eigenvalue weighted by atomic mass is 16.7. The van der Waals surface area contributed by atoms with E-state index in [4.69, 9.17) is 28.4 Å². The smallest absolute Gasteiger partial charge is 0.187 e. The summed E-state index contributed by atoms with van der Waals surface area (Å²) in [6.45, 7) is 5.37. The van der Waals surface area contributed by atoms with Crippen LogP contribution in [0.2, 0.25) is 0 Å². The van der Waals surface area contributed by atoms with E-state index in [0.717, 1.165) is 25.7 Å². The van der Waals surface area contributed by atoms with Crippen molar-refractivity contribution in [2.75, 3.05) is 13.2 Å². The Morgan fingerprint density at radius 1 is 0.805 bits per heavy atom. The molecule has 1 saturated carbocycles. The van der Waals surface area contributed by atoms with Crippen LogP contribution in [0.3, 0.4) is 0 Å². The molecule has 0 radical (unpaired) electrons. The minimum absolute atomic E-state index is 0.0576. The molecule has 4 aliphatic rings. The van der Waals surface area contributed by atoms with E-state index in [1.807, 2.05) is 0 Å². The largest absolute Gasteiger partial charge is 0.394 e. The van der Waals surface area contributed by atoms with Gasteiger partial charge in [-0.1, -0.05) is 33.1 Å². The number of hydrogen-bond donors (Lipinski definition) is 5. The zero-order chi connectivity index (χ0) is 29.7. The van der Waals surface area contributed by atoms with Crippen molar-refractivity contribution >= 4 is 5.78 Å². The van der Waals surface area contributed by atoms with Crippen LogP contribution < -0.4 is 0 Å². The predicted molar refractivity (Wildman–Crippen MR) is 144 cm³/mol. The van der Waals surface area contributed by atoms with Crippen molar-refractivity contribution in [3.05, 3.63) is 0 Å². The second-order valence-corrected chi connectivity index (χ2v) is 11.9. The van der Waals surface area contributed by atoms with Gasteiger partial charge in [0.15, 0.2) is 18.4 Å². The molecular formula is C29H50O12. The molecule has 3 saturated heterocycles. The SMILES string of the molecule is CCC(=O)C1CCCCOC2C(OC3CCCC(CC)CC3OC3OC(C)C(O)C(O)C3O)OC(CO)C(O)C2O1. The lowest BCUT2D eigenvalue weighted by Gasteiger charge is -2.46. The van der Waals surface area contributed by atoms with Crippen molar-refractivity contribution in [3.63, 3.8) is 0 Å². The molecule has 4 fully saturated rings. The molecule has 12 heteroatoms. The number of Topliss-reactive ketones (excluding diaryl/α,β-unsaturated/α-hetero) is 1. The highest BCUT2D eigenvalue weighted by molar-refractivity contribution is 5.82. The third kappa shape index (κ3) is 7.85. The Labute approximate surface area is 242 Å². The van der Waals surface area contributed by atoms with Gasteiger partial charge in [-0.05, 0) is 44.9 Å². The number of carbonyl (C=O) groups is 1. The molecule has 1 aliphatic carbocycles. The third-order valence-electron chi connectivity index (χ3n) is 9.08. The topological polar surface area (TPSA) is 174 Å². The monoisotopic (exact) mass is 590 g/mol. The van der Waals surface area contributed by atoms with Gasteiger partial charge in [-0.15, -0.1) is 0 Å². The normalized spacial score (nSPS) is 46.4. The Kier molecular flexibility index (Phi) is 12.4. The summed E-state index contributed by atoms with van der Waals surface area (Å²) in [5.41, 5.74) is 0. The van der Waals surface area contributed by atoms with E-state index in [2.05, 4.69) is 6.92 Å². The summed E-state index contributed by atoms with van der Waals surface area (Å²) < 4.78 is 37.1. The summed E-state index contributed by atoms with van der Waals surface area (Å²) in [6.07, 6.45) is -6.75. The molecule has 0 aromatic heterocycles. The van der Waals surface area contributed by atoms with Gasteiger partial charge in [0.2, 0.25) is 0 Å². The Bertz CT molecular complexity index is 815. The van der Waals surface area contributed by atoms with Crippen molar-refractivity contribution in [2.45, 2.75) is 158 Å². The summed E-state index contributed by atoms with van der Waals surface area (Å²) in [5.74, 6) is 0.275. The zero-order valence-electron chi connectivity index (χ0n) is 24.5. The number of carbonyl (C=O) groups excluding carboxylic acids is 1. The van der Waals surface area contributed by atoms with Crippen LogP contribution in [0.15, 0.2) is 0 Å². The molecule has 14 atom stereocenters. The second-order valence-electron chi connectivity index (χ2n) is 11.9. The molecule has 14 unspecified atom stereocenters. The lowest BCUT2D eigenvalue weighted by molar-refractivity contribution is -0.346. The first-order chi connectivity index (χ1) is 19.7.